The van der Waals surface area contributed by atoms with Crippen LogP contribution in [0.5, 0.6) is 0 Å². The van der Waals surface area contributed by atoms with Gasteiger partial charge in [0.15, 0.2) is 5.69 Å². The molecule has 29 heavy (non-hydrogen) atoms. The summed E-state index contributed by atoms with van der Waals surface area (Å²) in [5.74, 6) is -1.45. The molecule has 1 fully saturated rings. The van der Waals surface area contributed by atoms with Crippen LogP contribution in [0.2, 0.25) is 0 Å². The summed E-state index contributed by atoms with van der Waals surface area (Å²) < 4.78 is 1.68. The third kappa shape index (κ3) is 4.47. The number of amides is 2. The number of hydrogen-bond donors (Lipinski definition) is 2. The lowest BCUT2D eigenvalue weighted by Gasteiger charge is -2.33. The molecule has 0 saturated carbocycles. The third-order valence-electron chi connectivity index (χ3n) is 5.16. The molecule has 2 amide bonds. The molecule has 1 saturated heterocycles. The Morgan fingerprint density at radius 2 is 1.97 bits per heavy atom. The molecule has 154 valence electrons. The van der Waals surface area contributed by atoms with Crippen molar-refractivity contribution in [1.29, 1.82) is 0 Å². The van der Waals surface area contributed by atoms with Gasteiger partial charge in [-0.3, -0.25) is 14.3 Å². The van der Waals surface area contributed by atoms with Crippen molar-refractivity contribution < 1.29 is 19.5 Å². The first-order chi connectivity index (χ1) is 13.8. The number of carbonyl (C=O) groups excluding carboxylic acids is 2. The molecule has 2 aromatic rings. The zero-order valence-corrected chi connectivity index (χ0v) is 16.9. The van der Waals surface area contributed by atoms with Gasteiger partial charge in [0.2, 0.25) is 0 Å². The molecule has 8 nitrogen and oxygen atoms in total. The maximum Gasteiger partial charge on any atom is 0.326 e. The molecule has 1 aliphatic heterocycles. The molecule has 0 radical (unpaired) electrons. The molecule has 1 atom stereocenters. The quantitative estimate of drug-likeness (QED) is 0.806. The van der Waals surface area contributed by atoms with Crippen molar-refractivity contribution in [2.45, 2.75) is 45.1 Å². The van der Waals surface area contributed by atoms with Crippen LogP contribution in [0.1, 0.15) is 65.6 Å². The van der Waals surface area contributed by atoms with Crippen molar-refractivity contribution in [2.24, 2.45) is 7.05 Å². The summed E-state index contributed by atoms with van der Waals surface area (Å²) in [6.07, 6.45) is 2.03. The van der Waals surface area contributed by atoms with E-state index in [1.54, 1.807) is 42.1 Å². The van der Waals surface area contributed by atoms with E-state index in [-0.39, 0.29) is 17.7 Å². The summed E-state index contributed by atoms with van der Waals surface area (Å²) in [6.45, 7) is 4.47. The maximum atomic E-state index is 12.9. The molecule has 2 heterocycles. The number of carbonyl (C=O) groups is 3. The summed E-state index contributed by atoms with van der Waals surface area (Å²) in [6, 6.07) is 7.49. The molecular formula is C21H26N4O4. The minimum atomic E-state index is -0.987. The number of nitrogens with one attached hydrogen (secondary N) is 1. The van der Waals surface area contributed by atoms with Crippen LogP contribution in [0.3, 0.4) is 0 Å². The molecule has 2 N–H and O–H groups in total. The Labute approximate surface area is 169 Å². The predicted octanol–water partition coefficient (Wildman–Crippen LogP) is 2.88. The topological polar surface area (TPSA) is 105 Å². The molecule has 1 aromatic heterocycles. The maximum absolute atomic E-state index is 12.9. The number of carboxylic acids is 1. The number of likely N-dealkylation sites (tertiary alicyclic amines) is 1. The van der Waals surface area contributed by atoms with Crippen molar-refractivity contribution in [2.75, 3.05) is 11.9 Å². The molecule has 8 heteroatoms. The normalized spacial score (nSPS) is 16.7. The van der Waals surface area contributed by atoms with Gasteiger partial charge in [-0.25, -0.2) is 4.79 Å². The molecule has 1 aliphatic rings. The van der Waals surface area contributed by atoms with Gasteiger partial charge < -0.3 is 15.3 Å². The van der Waals surface area contributed by atoms with E-state index >= 15 is 0 Å². The number of benzene rings is 1. The molecule has 0 spiro atoms. The first-order valence-corrected chi connectivity index (χ1v) is 9.77. The second-order valence-corrected chi connectivity index (χ2v) is 7.62. The zero-order chi connectivity index (χ0) is 21.1. The number of aromatic nitrogens is 2. The molecule has 1 aromatic carbocycles. The van der Waals surface area contributed by atoms with E-state index in [1.165, 1.54) is 4.90 Å². The molecule has 0 bridgehead atoms. The van der Waals surface area contributed by atoms with E-state index in [9.17, 15) is 19.5 Å². The van der Waals surface area contributed by atoms with Crippen LogP contribution < -0.4 is 5.32 Å². The Kier molecular flexibility index (Phi) is 6.00. The van der Waals surface area contributed by atoms with Crippen LogP contribution >= 0.6 is 0 Å². The lowest BCUT2D eigenvalue weighted by molar-refractivity contribution is -0.143. The Bertz CT molecular complexity index is 935. The predicted molar refractivity (Wildman–Crippen MR) is 108 cm³/mol. The first kappa shape index (κ1) is 20.6. The van der Waals surface area contributed by atoms with Crippen LogP contribution in [-0.4, -0.2) is 50.2 Å². The Morgan fingerprint density at radius 1 is 1.21 bits per heavy atom. The van der Waals surface area contributed by atoms with Gasteiger partial charge in [0.25, 0.3) is 11.8 Å². The van der Waals surface area contributed by atoms with Gasteiger partial charge in [0.1, 0.15) is 6.04 Å². The fraction of sp³-hybridized carbons (Fsp3) is 0.429. The standard InChI is InChI=1S/C21H26N4O4/c1-13(2)18-12-16(23-24(18)3)19(26)22-15-8-6-7-14(11-15)20(27)25-10-5-4-9-17(25)21(28)29/h6-8,11-13,17H,4-5,9-10H2,1-3H3,(H,22,26)(H,28,29). The molecular weight excluding hydrogens is 372 g/mol. The highest BCUT2D eigenvalue weighted by atomic mass is 16.4. The third-order valence-corrected chi connectivity index (χ3v) is 5.16. The lowest BCUT2D eigenvalue weighted by atomic mass is 10.0. The van der Waals surface area contributed by atoms with Crippen LogP contribution in [0, 0.1) is 0 Å². The smallest absolute Gasteiger partial charge is 0.326 e. The lowest BCUT2D eigenvalue weighted by Crippen LogP contribution is -2.48. The minimum Gasteiger partial charge on any atom is -0.480 e. The first-order valence-electron chi connectivity index (χ1n) is 9.77. The number of aliphatic carboxylic acids is 1. The highest BCUT2D eigenvalue weighted by Crippen LogP contribution is 2.22. The monoisotopic (exact) mass is 398 g/mol. The van der Waals surface area contributed by atoms with Gasteiger partial charge in [0.05, 0.1) is 0 Å². The largest absolute Gasteiger partial charge is 0.480 e. The van der Waals surface area contributed by atoms with E-state index in [4.69, 9.17) is 0 Å². The average Bonchev–Trinajstić information content (AvgIpc) is 3.10. The fourth-order valence-electron chi connectivity index (χ4n) is 3.66. The number of carboxylic acid groups (broad SMARTS) is 1. The van der Waals surface area contributed by atoms with Gasteiger partial charge in [-0.2, -0.15) is 5.10 Å². The summed E-state index contributed by atoms with van der Waals surface area (Å²) in [4.78, 5) is 38.3. The second-order valence-electron chi connectivity index (χ2n) is 7.62. The Hall–Kier alpha value is -3.16. The van der Waals surface area contributed by atoms with Crippen LogP contribution in [0.4, 0.5) is 5.69 Å². The fourth-order valence-corrected chi connectivity index (χ4v) is 3.66. The minimum absolute atomic E-state index is 0.238. The van der Waals surface area contributed by atoms with Crippen molar-refractivity contribution >= 4 is 23.5 Å². The Balaban J connectivity index is 1.77. The van der Waals surface area contributed by atoms with Crippen molar-refractivity contribution in [1.82, 2.24) is 14.7 Å². The van der Waals surface area contributed by atoms with Gasteiger partial charge in [0, 0.05) is 30.5 Å². The van der Waals surface area contributed by atoms with Gasteiger partial charge in [-0.05, 0) is 49.4 Å². The number of piperidine rings is 1. The van der Waals surface area contributed by atoms with Crippen molar-refractivity contribution in [3.63, 3.8) is 0 Å². The van der Waals surface area contributed by atoms with Gasteiger partial charge in [-0.15, -0.1) is 0 Å². The summed E-state index contributed by atoms with van der Waals surface area (Å²) in [7, 11) is 1.79. The number of hydrogen-bond acceptors (Lipinski definition) is 4. The molecule has 0 aliphatic carbocycles. The van der Waals surface area contributed by atoms with Crippen LogP contribution in [0.15, 0.2) is 30.3 Å². The molecule has 3 rings (SSSR count). The summed E-state index contributed by atoms with van der Waals surface area (Å²) in [5.41, 5.74) is 2.06. The van der Waals surface area contributed by atoms with E-state index in [2.05, 4.69) is 10.4 Å². The van der Waals surface area contributed by atoms with Gasteiger partial charge in [-0.1, -0.05) is 19.9 Å². The number of rotatable bonds is 5. The van der Waals surface area contributed by atoms with E-state index < -0.39 is 12.0 Å². The Morgan fingerprint density at radius 3 is 2.62 bits per heavy atom. The van der Waals surface area contributed by atoms with Crippen LogP contribution in [-0.2, 0) is 11.8 Å². The SMILES string of the molecule is CC(C)c1cc(C(=O)Nc2cccc(C(=O)N3CCCCC3C(=O)O)c2)nn1C. The van der Waals surface area contributed by atoms with Gasteiger partial charge >= 0.3 is 5.97 Å². The van der Waals surface area contributed by atoms with Crippen LogP contribution in [0.25, 0.3) is 0 Å². The van der Waals surface area contributed by atoms with E-state index in [1.807, 2.05) is 13.8 Å². The summed E-state index contributed by atoms with van der Waals surface area (Å²) in [5, 5.41) is 16.4. The van der Waals surface area contributed by atoms with E-state index in [0.717, 1.165) is 18.5 Å². The summed E-state index contributed by atoms with van der Waals surface area (Å²) >= 11 is 0. The van der Waals surface area contributed by atoms with Crippen molar-refractivity contribution in [3.05, 3.63) is 47.3 Å². The second kappa shape index (κ2) is 8.46. The van der Waals surface area contributed by atoms with Crippen molar-refractivity contribution in [3.8, 4) is 0 Å². The van der Waals surface area contributed by atoms with E-state index in [0.29, 0.717) is 29.9 Å². The zero-order valence-electron chi connectivity index (χ0n) is 16.9. The highest BCUT2D eigenvalue weighted by Gasteiger charge is 2.32. The highest BCUT2D eigenvalue weighted by molar-refractivity contribution is 6.04. The molecule has 1 unspecified atom stereocenters. The number of nitrogens with zero attached hydrogens (tertiary/aromatic N) is 3. The average molecular weight is 398 g/mol. The number of aryl methyl sites for hydroxylation is 1. The number of anilines is 1.